The Labute approximate surface area is 113 Å². The lowest BCUT2D eigenvalue weighted by molar-refractivity contribution is -0.123. The van der Waals surface area contributed by atoms with E-state index in [1.54, 1.807) is 7.05 Å². The molecule has 4 heteroatoms. The van der Waals surface area contributed by atoms with Gasteiger partial charge in [0.1, 0.15) is 5.75 Å². The van der Waals surface area contributed by atoms with Crippen LogP contribution in [0.5, 0.6) is 5.75 Å². The van der Waals surface area contributed by atoms with E-state index >= 15 is 0 Å². The van der Waals surface area contributed by atoms with Crippen LogP contribution >= 0.6 is 0 Å². The van der Waals surface area contributed by atoms with Gasteiger partial charge in [0.2, 0.25) is 5.91 Å². The number of amides is 1. The molecule has 2 aliphatic heterocycles. The van der Waals surface area contributed by atoms with E-state index in [4.69, 9.17) is 4.74 Å². The average molecular weight is 260 g/mol. The highest BCUT2D eigenvalue weighted by atomic mass is 16.5. The van der Waals surface area contributed by atoms with E-state index in [2.05, 4.69) is 28.8 Å². The highest BCUT2D eigenvalue weighted by Crippen LogP contribution is 2.38. The first-order valence-corrected chi connectivity index (χ1v) is 6.99. The number of fused-ring (bicyclic) bond motifs is 1. The summed E-state index contributed by atoms with van der Waals surface area (Å²) < 4.78 is 5.78. The summed E-state index contributed by atoms with van der Waals surface area (Å²) in [6.07, 6.45) is 2.92. The van der Waals surface area contributed by atoms with E-state index in [1.165, 1.54) is 11.1 Å². The van der Waals surface area contributed by atoms with Crippen molar-refractivity contribution in [2.75, 3.05) is 20.2 Å². The maximum Gasteiger partial charge on any atom is 0.236 e. The first-order valence-electron chi connectivity index (χ1n) is 6.99. The van der Waals surface area contributed by atoms with Crippen LogP contribution in [-0.2, 0) is 11.2 Å². The summed E-state index contributed by atoms with van der Waals surface area (Å²) in [7, 11) is 1.69. The fourth-order valence-electron chi connectivity index (χ4n) is 3.14. The van der Waals surface area contributed by atoms with Gasteiger partial charge in [0.05, 0.1) is 12.6 Å². The van der Waals surface area contributed by atoms with Gasteiger partial charge in [0, 0.05) is 13.5 Å². The van der Waals surface area contributed by atoms with E-state index < -0.39 is 0 Å². The highest BCUT2D eigenvalue weighted by molar-refractivity contribution is 5.81. The molecule has 0 aromatic heterocycles. The van der Waals surface area contributed by atoms with Gasteiger partial charge in [-0.3, -0.25) is 4.79 Å². The zero-order valence-corrected chi connectivity index (χ0v) is 11.2. The predicted octanol–water partition coefficient (Wildman–Crippen LogP) is 1.20. The summed E-state index contributed by atoms with van der Waals surface area (Å²) in [5.41, 5.74) is 2.60. The molecular formula is C15H20N2O2. The maximum atomic E-state index is 11.8. The minimum atomic E-state index is -0.0824. The number of para-hydroxylation sites is 1. The van der Waals surface area contributed by atoms with Gasteiger partial charge in [-0.05, 0) is 36.4 Å². The van der Waals surface area contributed by atoms with Crippen molar-refractivity contribution in [3.63, 3.8) is 0 Å². The molecule has 102 valence electrons. The van der Waals surface area contributed by atoms with Crippen LogP contribution in [-0.4, -0.2) is 32.1 Å². The SMILES string of the molecule is CNC(=O)C1CC(c2cccc3c2OCC3)CCN1. The normalized spacial score (nSPS) is 25.5. The van der Waals surface area contributed by atoms with Crippen molar-refractivity contribution in [3.8, 4) is 5.75 Å². The predicted molar refractivity (Wildman–Crippen MR) is 73.5 cm³/mol. The van der Waals surface area contributed by atoms with Gasteiger partial charge in [-0.25, -0.2) is 0 Å². The Morgan fingerprint density at radius 3 is 3.21 bits per heavy atom. The summed E-state index contributed by atoms with van der Waals surface area (Å²) in [5.74, 6) is 1.57. The molecule has 3 rings (SSSR count). The number of benzene rings is 1. The van der Waals surface area contributed by atoms with Gasteiger partial charge in [-0.2, -0.15) is 0 Å². The average Bonchev–Trinajstić information content (AvgIpc) is 2.94. The van der Waals surface area contributed by atoms with Gasteiger partial charge in [0.15, 0.2) is 0 Å². The van der Waals surface area contributed by atoms with Crippen molar-refractivity contribution in [3.05, 3.63) is 29.3 Å². The lowest BCUT2D eigenvalue weighted by Gasteiger charge is -2.30. The van der Waals surface area contributed by atoms with Crippen LogP contribution in [0.3, 0.4) is 0 Å². The Morgan fingerprint density at radius 2 is 2.37 bits per heavy atom. The van der Waals surface area contributed by atoms with Crippen molar-refractivity contribution in [2.45, 2.75) is 31.2 Å². The molecule has 0 aliphatic carbocycles. The largest absolute Gasteiger partial charge is 0.493 e. The molecule has 4 nitrogen and oxygen atoms in total. The third-order valence-corrected chi connectivity index (χ3v) is 4.15. The molecule has 1 fully saturated rings. The molecule has 19 heavy (non-hydrogen) atoms. The second-order valence-corrected chi connectivity index (χ2v) is 5.28. The summed E-state index contributed by atoms with van der Waals surface area (Å²) in [6, 6.07) is 6.32. The number of ether oxygens (including phenoxy) is 1. The van der Waals surface area contributed by atoms with Crippen molar-refractivity contribution < 1.29 is 9.53 Å². The van der Waals surface area contributed by atoms with Crippen LogP contribution in [0.4, 0.5) is 0 Å². The number of piperidine rings is 1. The van der Waals surface area contributed by atoms with Crippen LogP contribution in [0.15, 0.2) is 18.2 Å². The first-order chi connectivity index (χ1) is 9.29. The van der Waals surface area contributed by atoms with Crippen LogP contribution in [0, 0.1) is 0 Å². The summed E-state index contributed by atoms with van der Waals surface area (Å²) in [6.45, 7) is 1.67. The van der Waals surface area contributed by atoms with Crippen molar-refractivity contribution in [1.29, 1.82) is 0 Å². The molecule has 2 heterocycles. The minimum Gasteiger partial charge on any atom is -0.493 e. The number of rotatable bonds is 2. The number of nitrogens with one attached hydrogen (secondary N) is 2. The lowest BCUT2D eigenvalue weighted by atomic mass is 9.85. The van der Waals surface area contributed by atoms with Crippen LogP contribution in [0.2, 0.25) is 0 Å². The highest BCUT2D eigenvalue weighted by Gasteiger charge is 2.30. The Balaban J connectivity index is 1.82. The quantitative estimate of drug-likeness (QED) is 0.840. The minimum absolute atomic E-state index is 0.0817. The smallest absolute Gasteiger partial charge is 0.236 e. The molecule has 0 radical (unpaired) electrons. The van der Waals surface area contributed by atoms with E-state index in [-0.39, 0.29) is 11.9 Å². The third kappa shape index (κ3) is 2.32. The third-order valence-electron chi connectivity index (χ3n) is 4.15. The van der Waals surface area contributed by atoms with Crippen LogP contribution < -0.4 is 15.4 Å². The molecule has 0 spiro atoms. The molecule has 2 aliphatic rings. The summed E-state index contributed by atoms with van der Waals surface area (Å²) in [4.78, 5) is 11.8. The Bertz CT molecular complexity index is 487. The molecule has 1 amide bonds. The first kappa shape index (κ1) is 12.5. The van der Waals surface area contributed by atoms with E-state index in [9.17, 15) is 4.79 Å². The van der Waals surface area contributed by atoms with E-state index in [0.717, 1.165) is 38.2 Å². The second-order valence-electron chi connectivity index (χ2n) is 5.28. The number of carbonyl (C=O) groups is 1. The van der Waals surface area contributed by atoms with E-state index in [1.807, 2.05) is 0 Å². The molecule has 1 aromatic carbocycles. The van der Waals surface area contributed by atoms with Gasteiger partial charge in [-0.1, -0.05) is 18.2 Å². The van der Waals surface area contributed by atoms with Gasteiger partial charge in [-0.15, -0.1) is 0 Å². The summed E-state index contributed by atoms with van der Waals surface area (Å²) in [5, 5.41) is 6.01. The van der Waals surface area contributed by atoms with Crippen molar-refractivity contribution in [1.82, 2.24) is 10.6 Å². The molecule has 0 saturated carbocycles. The molecule has 1 saturated heterocycles. The number of hydrogen-bond acceptors (Lipinski definition) is 3. The second kappa shape index (κ2) is 5.21. The topological polar surface area (TPSA) is 50.4 Å². The Hall–Kier alpha value is -1.55. The summed E-state index contributed by atoms with van der Waals surface area (Å²) >= 11 is 0. The molecule has 2 atom stereocenters. The standard InChI is InChI=1S/C15H20N2O2/c1-16-15(18)13-9-11(5-7-17-13)12-4-2-3-10-6-8-19-14(10)12/h2-4,11,13,17H,5-9H2,1H3,(H,16,18). The molecule has 2 N–H and O–H groups in total. The number of carbonyl (C=O) groups excluding carboxylic acids is 1. The molecule has 1 aromatic rings. The van der Waals surface area contributed by atoms with Crippen molar-refractivity contribution in [2.24, 2.45) is 0 Å². The molecule has 2 unspecified atom stereocenters. The lowest BCUT2D eigenvalue weighted by Crippen LogP contribution is -2.47. The van der Waals surface area contributed by atoms with Gasteiger partial charge < -0.3 is 15.4 Å². The maximum absolute atomic E-state index is 11.8. The fraction of sp³-hybridized carbons (Fsp3) is 0.533. The Kier molecular flexibility index (Phi) is 3.42. The molecular weight excluding hydrogens is 240 g/mol. The van der Waals surface area contributed by atoms with Crippen LogP contribution in [0.25, 0.3) is 0 Å². The van der Waals surface area contributed by atoms with Crippen molar-refractivity contribution >= 4 is 5.91 Å². The fourth-order valence-corrected chi connectivity index (χ4v) is 3.14. The van der Waals surface area contributed by atoms with E-state index in [0.29, 0.717) is 5.92 Å². The zero-order chi connectivity index (χ0) is 13.2. The van der Waals surface area contributed by atoms with Crippen LogP contribution in [0.1, 0.15) is 29.9 Å². The number of likely N-dealkylation sites (N-methyl/N-ethyl adjacent to an activating group) is 1. The van der Waals surface area contributed by atoms with Gasteiger partial charge in [0.25, 0.3) is 0 Å². The number of hydrogen-bond donors (Lipinski definition) is 2. The Morgan fingerprint density at radius 1 is 1.47 bits per heavy atom. The monoisotopic (exact) mass is 260 g/mol. The molecule has 0 bridgehead atoms. The van der Waals surface area contributed by atoms with Gasteiger partial charge >= 0.3 is 0 Å². The zero-order valence-electron chi connectivity index (χ0n) is 11.2.